The van der Waals surface area contributed by atoms with Crippen LogP contribution in [-0.4, -0.2) is 44.9 Å². The molecule has 0 aromatic carbocycles. The summed E-state index contributed by atoms with van der Waals surface area (Å²) >= 11 is 1.06. The van der Waals surface area contributed by atoms with E-state index in [9.17, 15) is 13.2 Å². The van der Waals surface area contributed by atoms with E-state index in [-0.39, 0.29) is 28.2 Å². The standard InChI is InChI=1S/C11H16N2O4S2.ClH/c1-17-11(14)10-9(4-6-18-10)19(15,16)13-5-2-3-8(12)7-13;/h4,6,8H,2-3,5,7,12H2,1H3;1H. The number of carbonyl (C=O) groups is 1. The molecule has 1 aromatic rings. The first-order valence-corrected chi connectivity index (χ1v) is 8.20. The molecule has 0 amide bonds. The highest BCUT2D eigenvalue weighted by molar-refractivity contribution is 7.89. The Kier molecular flexibility index (Phi) is 5.96. The Labute approximate surface area is 128 Å². The van der Waals surface area contributed by atoms with Gasteiger partial charge < -0.3 is 10.5 Å². The van der Waals surface area contributed by atoms with Gasteiger partial charge in [-0.25, -0.2) is 13.2 Å². The largest absolute Gasteiger partial charge is 0.465 e. The van der Waals surface area contributed by atoms with Crippen molar-refractivity contribution in [2.45, 2.75) is 23.8 Å². The van der Waals surface area contributed by atoms with Gasteiger partial charge in [-0.3, -0.25) is 0 Å². The summed E-state index contributed by atoms with van der Waals surface area (Å²) in [6.07, 6.45) is 1.55. The molecule has 1 saturated heterocycles. The fourth-order valence-corrected chi connectivity index (χ4v) is 4.92. The van der Waals surface area contributed by atoms with Crippen molar-refractivity contribution in [1.82, 2.24) is 4.31 Å². The Balaban J connectivity index is 0.00000200. The number of piperidine rings is 1. The molecule has 1 aliphatic rings. The summed E-state index contributed by atoms with van der Waals surface area (Å²) in [7, 11) is -2.44. The number of ether oxygens (including phenoxy) is 1. The van der Waals surface area contributed by atoms with Crippen molar-refractivity contribution in [3.8, 4) is 0 Å². The summed E-state index contributed by atoms with van der Waals surface area (Å²) in [5.41, 5.74) is 5.80. The number of thiophene rings is 1. The fourth-order valence-electron chi connectivity index (χ4n) is 2.07. The summed E-state index contributed by atoms with van der Waals surface area (Å²) in [5, 5.41) is 1.57. The van der Waals surface area contributed by atoms with Gasteiger partial charge in [0.25, 0.3) is 0 Å². The van der Waals surface area contributed by atoms with Crippen molar-refractivity contribution in [2.24, 2.45) is 5.73 Å². The van der Waals surface area contributed by atoms with Crippen LogP contribution in [0.4, 0.5) is 0 Å². The topological polar surface area (TPSA) is 89.7 Å². The van der Waals surface area contributed by atoms with Crippen LogP contribution in [0.2, 0.25) is 0 Å². The lowest BCUT2D eigenvalue weighted by Gasteiger charge is -2.29. The maximum atomic E-state index is 12.5. The van der Waals surface area contributed by atoms with Crippen molar-refractivity contribution < 1.29 is 17.9 Å². The van der Waals surface area contributed by atoms with Gasteiger partial charge in [0.1, 0.15) is 9.77 Å². The van der Waals surface area contributed by atoms with Crippen LogP contribution in [0.3, 0.4) is 0 Å². The average molecular weight is 341 g/mol. The van der Waals surface area contributed by atoms with Gasteiger partial charge >= 0.3 is 5.97 Å². The zero-order valence-corrected chi connectivity index (χ0v) is 13.4. The molecule has 1 aliphatic heterocycles. The van der Waals surface area contributed by atoms with E-state index in [2.05, 4.69) is 4.74 Å². The van der Waals surface area contributed by atoms with Gasteiger partial charge in [0.05, 0.1) is 7.11 Å². The van der Waals surface area contributed by atoms with Gasteiger partial charge in [-0.05, 0) is 24.3 Å². The lowest BCUT2D eigenvalue weighted by atomic mass is 10.1. The van der Waals surface area contributed by atoms with Crippen LogP contribution in [0, 0.1) is 0 Å². The Hall–Kier alpha value is -0.670. The van der Waals surface area contributed by atoms with Gasteiger partial charge in [-0.1, -0.05) is 0 Å². The highest BCUT2D eigenvalue weighted by Gasteiger charge is 2.33. The molecule has 1 atom stereocenters. The van der Waals surface area contributed by atoms with Crippen LogP contribution in [0.15, 0.2) is 16.3 Å². The molecule has 1 unspecified atom stereocenters. The Bertz CT molecular complexity index is 573. The number of hydrogen-bond donors (Lipinski definition) is 1. The second kappa shape index (κ2) is 6.86. The number of esters is 1. The number of rotatable bonds is 3. The quantitative estimate of drug-likeness (QED) is 0.831. The number of halogens is 1. The van der Waals surface area contributed by atoms with Crippen molar-refractivity contribution in [1.29, 1.82) is 0 Å². The summed E-state index contributed by atoms with van der Waals surface area (Å²) in [5.74, 6) is -0.630. The average Bonchev–Trinajstić information content (AvgIpc) is 2.87. The van der Waals surface area contributed by atoms with Crippen LogP contribution in [0.1, 0.15) is 22.5 Å². The number of sulfonamides is 1. The first-order chi connectivity index (χ1) is 8.96. The lowest BCUT2D eigenvalue weighted by Crippen LogP contribution is -2.45. The Morgan fingerprint density at radius 3 is 2.85 bits per heavy atom. The second-order valence-electron chi connectivity index (χ2n) is 4.37. The third-order valence-corrected chi connectivity index (χ3v) is 5.97. The van der Waals surface area contributed by atoms with Gasteiger partial charge in [0, 0.05) is 19.1 Å². The maximum Gasteiger partial charge on any atom is 0.349 e. The molecule has 9 heteroatoms. The van der Waals surface area contributed by atoms with E-state index < -0.39 is 16.0 Å². The third kappa shape index (κ3) is 3.32. The minimum Gasteiger partial charge on any atom is -0.465 e. The second-order valence-corrected chi connectivity index (χ2v) is 7.19. The van der Waals surface area contributed by atoms with Crippen molar-refractivity contribution in [3.63, 3.8) is 0 Å². The van der Waals surface area contributed by atoms with Crippen LogP contribution in [-0.2, 0) is 14.8 Å². The molecule has 6 nitrogen and oxygen atoms in total. The molecule has 0 radical (unpaired) electrons. The molecule has 0 spiro atoms. The van der Waals surface area contributed by atoms with Gasteiger partial charge in [-0.2, -0.15) is 4.31 Å². The molecule has 114 valence electrons. The number of methoxy groups -OCH3 is 1. The molecule has 0 aliphatic carbocycles. The van der Waals surface area contributed by atoms with E-state index >= 15 is 0 Å². The number of carbonyl (C=O) groups excluding carboxylic acids is 1. The minimum atomic E-state index is -3.67. The molecule has 1 aromatic heterocycles. The Morgan fingerprint density at radius 1 is 1.55 bits per heavy atom. The van der Waals surface area contributed by atoms with E-state index in [0.717, 1.165) is 24.2 Å². The van der Waals surface area contributed by atoms with Crippen molar-refractivity contribution in [3.05, 3.63) is 16.3 Å². The number of hydrogen-bond acceptors (Lipinski definition) is 6. The van der Waals surface area contributed by atoms with Gasteiger partial charge in [0.15, 0.2) is 0 Å². The third-order valence-electron chi connectivity index (χ3n) is 3.04. The molecule has 0 saturated carbocycles. The van der Waals surface area contributed by atoms with E-state index in [4.69, 9.17) is 5.73 Å². The monoisotopic (exact) mass is 340 g/mol. The molecule has 2 heterocycles. The van der Waals surface area contributed by atoms with Crippen LogP contribution in [0.25, 0.3) is 0 Å². The predicted octanol–water partition coefficient (Wildman–Crippen LogP) is 1.07. The lowest BCUT2D eigenvalue weighted by molar-refractivity contribution is 0.0602. The first-order valence-electron chi connectivity index (χ1n) is 5.88. The number of nitrogens with two attached hydrogens (primary N) is 1. The smallest absolute Gasteiger partial charge is 0.349 e. The van der Waals surface area contributed by atoms with Crippen LogP contribution in [0.5, 0.6) is 0 Å². The molecule has 20 heavy (non-hydrogen) atoms. The highest BCUT2D eigenvalue weighted by Crippen LogP contribution is 2.27. The summed E-state index contributed by atoms with van der Waals surface area (Å²) in [6, 6.07) is 1.29. The molecular weight excluding hydrogens is 324 g/mol. The van der Waals surface area contributed by atoms with E-state index in [1.807, 2.05) is 0 Å². The highest BCUT2D eigenvalue weighted by atomic mass is 35.5. The van der Waals surface area contributed by atoms with Crippen molar-refractivity contribution in [2.75, 3.05) is 20.2 Å². The van der Waals surface area contributed by atoms with E-state index in [1.54, 1.807) is 5.38 Å². The summed E-state index contributed by atoms with van der Waals surface area (Å²) in [4.78, 5) is 11.7. The first kappa shape index (κ1) is 17.4. The normalized spacial score (nSPS) is 20.2. The van der Waals surface area contributed by atoms with Crippen LogP contribution < -0.4 is 5.73 Å². The molecule has 2 N–H and O–H groups in total. The number of nitrogens with zero attached hydrogens (tertiary/aromatic N) is 1. The summed E-state index contributed by atoms with van der Waals surface area (Å²) in [6.45, 7) is 0.727. The molecule has 0 bridgehead atoms. The minimum absolute atomic E-state index is 0. The fraction of sp³-hybridized carbons (Fsp3) is 0.545. The molecular formula is C11H17ClN2O4S2. The SMILES string of the molecule is COC(=O)c1sccc1S(=O)(=O)N1CCCC(N)C1.Cl. The maximum absolute atomic E-state index is 12.5. The van der Waals surface area contributed by atoms with Crippen LogP contribution >= 0.6 is 23.7 Å². The molecule has 1 fully saturated rings. The predicted molar refractivity (Wildman–Crippen MR) is 78.9 cm³/mol. The van der Waals surface area contributed by atoms with E-state index in [0.29, 0.717) is 13.1 Å². The van der Waals surface area contributed by atoms with E-state index in [1.165, 1.54) is 17.5 Å². The molecule has 2 rings (SSSR count). The zero-order chi connectivity index (χ0) is 14.0. The van der Waals surface area contributed by atoms with Gasteiger partial charge in [0.2, 0.25) is 10.0 Å². The Morgan fingerprint density at radius 2 is 2.25 bits per heavy atom. The van der Waals surface area contributed by atoms with Gasteiger partial charge in [-0.15, -0.1) is 23.7 Å². The summed E-state index contributed by atoms with van der Waals surface area (Å²) < 4.78 is 31.0. The van der Waals surface area contributed by atoms with Crippen molar-refractivity contribution >= 4 is 39.7 Å². The zero-order valence-electron chi connectivity index (χ0n) is 10.9.